The Morgan fingerprint density at radius 3 is 2.29 bits per heavy atom. The first kappa shape index (κ1) is 14.0. The van der Waals surface area contributed by atoms with Crippen molar-refractivity contribution < 1.29 is 4.79 Å². The number of allylic oxidation sites excluding steroid dienone is 1. The summed E-state index contributed by atoms with van der Waals surface area (Å²) in [5, 5.41) is 0.881. The lowest BCUT2D eigenvalue weighted by Crippen LogP contribution is -2.25. The van der Waals surface area contributed by atoms with Gasteiger partial charge in [0.25, 0.3) is 0 Å². The van der Waals surface area contributed by atoms with Crippen molar-refractivity contribution in [2.75, 3.05) is 4.90 Å². The van der Waals surface area contributed by atoms with Gasteiger partial charge in [0, 0.05) is 5.69 Å². The molecule has 1 heterocycles. The maximum Gasteiger partial charge on any atom is 0.249 e. The molecule has 1 saturated heterocycles. The van der Waals surface area contributed by atoms with Crippen molar-refractivity contribution in [3.63, 3.8) is 0 Å². The Balaban J connectivity index is 1.99. The summed E-state index contributed by atoms with van der Waals surface area (Å²) in [5.41, 5.74) is 2.00. The number of thioether (sulfide) groups is 1. The lowest BCUT2D eigenvalue weighted by atomic mass is 10.1. The van der Waals surface area contributed by atoms with Crippen LogP contribution in [0.5, 0.6) is 0 Å². The Kier molecular flexibility index (Phi) is 4.11. The van der Waals surface area contributed by atoms with Crippen LogP contribution in [0, 0.1) is 0 Å². The highest BCUT2D eigenvalue weighted by atomic mass is 32.2. The second-order valence-corrected chi connectivity index (χ2v) is 5.99. The van der Waals surface area contributed by atoms with Crippen LogP contribution in [0.3, 0.4) is 0 Å². The van der Waals surface area contributed by atoms with Crippen molar-refractivity contribution in [2.24, 2.45) is 0 Å². The van der Waals surface area contributed by atoms with E-state index in [9.17, 15) is 4.79 Å². The number of benzene rings is 2. The monoisotopic (exact) mass is 295 g/mol. The molecule has 0 aliphatic carbocycles. The van der Waals surface area contributed by atoms with Crippen molar-refractivity contribution in [3.05, 3.63) is 77.3 Å². The van der Waals surface area contributed by atoms with Gasteiger partial charge in [0.2, 0.25) is 5.91 Å². The number of hydrogen-bond donors (Lipinski definition) is 0. The van der Waals surface area contributed by atoms with Crippen molar-refractivity contribution in [1.82, 2.24) is 0 Å². The topological polar surface area (TPSA) is 20.3 Å². The fraction of sp³-hybridized carbons (Fsp3) is 0.167. The molecule has 1 amide bonds. The van der Waals surface area contributed by atoms with E-state index in [1.807, 2.05) is 65.6 Å². The van der Waals surface area contributed by atoms with Crippen LogP contribution in [0.2, 0.25) is 0 Å². The van der Waals surface area contributed by atoms with Gasteiger partial charge in [0.1, 0.15) is 5.25 Å². The minimum atomic E-state index is -0.149. The van der Waals surface area contributed by atoms with E-state index in [1.165, 1.54) is 0 Å². The zero-order valence-electron chi connectivity index (χ0n) is 11.9. The van der Waals surface area contributed by atoms with Crippen molar-refractivity contribution in [1.29, 1.82) is 0 Å². The number of anilines is 1. The molecule has 1 atom stereocenters. The highest BCUT2D eigenvalue weighted by Crippen LogP contribution is 2.47. The second kappa shape index (κ2) is 6.19. The van der Waals surface area contributed by atoms with Crippen LogP contribution in [-0.4, -0.2) is 5.91 Å². The molecular formula is C18H17NOS. The lowest BCUT2D eigenvalue weighted by Gasteiger charge is -2.17. The van der Waals surface area contributed by atoms with Gasteiger partial charge in [-0.25, -0.2) is 0 Å². The number of para-hydroxylation sites is 1. The fourth-order valence-corrected chi connectivity index (χ4v) is 3.74. The molecule has 0 saturated carbocycles. The fourth-order valence-electron chi connectivity index (χ4n) is 2.43. The summed E-state index contributed by atoms with van der Waals surface area (Å²) in [6, 6.07) is 19.8. The maximum atomic E-state index is 12.9. The standard InChI is InChI=1S/C18H17NOS/c1-2-9-16-19(15-12-7-4-8-13-15)18(20)17(21-16)14-10-5-3-6-11-14/h3-13,17H,2H2,1H3/b16-9+. The third-order valence-corrected chi connectivity index (χ3v) is 4.70. The molecule has 2 aromatic rings. The van der Waals surface area contributed by atoms with E-state index in [2.05, 4.69) is 13.0 Å². The van der Waals surface area contributed by atoms with E-state index >= 15 is 0 Å². The van der Waals surface area contributed by atoms with E-state index in [1.54, 1.807) is 11.8 Å². The highest BCUT2D eigenvalue weighted by Gasteiger charge is 2.38. The molecule has 1 aliphatic rings. The third kappa shape index (κ3) is 2.74. The van der Waals surface area contributed by atoms with Gasteiger partial charge in [-0.3, -0.25) is 9.69 Å². The Hall–Kier alpha value is -2.00. The quantitative estimate of drug-likeness (QED) is 0.813. The van der Waals surface area contributed by atoms with Gasteiger partial charge in [0.05, 0.1) is 5.03 Å². The summed E-state index contributed by atoms with van der Waals surface area (Å²) in [4.78, 5) is 14.7. The summed E-state index contributed by atoms with van der Waals surface area (Å²) in [6.45, 7) is 2.09. The molecule has 1 unspecified atom stereocenters. The molecule has 0 N–H and O–H groups in total. The van der Waals surface area contributed by atoms with E-state index in [-0.39, 0.29) is 11.2 Å². The van der Waals surface area contributed by atoms with Gasteiger partial charge >= 0.3 is 0 Å². The Bertz CT molecular complexity index is 651. The van der Waals surface area contributed by atoms with Gasteiger partial charge in [-0.15, -0.1) is 0 Å². The number of carbonyl (C=O) groups excluding carboxylic acids is 1. The summed E-state index contributed by atoms with van der Waals surface area (Å²) in [6.07, 6.45) is 3.04. The SMILES string of the molecule is CC/C=C1/SC(c2ccccc2)C(=O)N1c1ccccc1. The normalized spacial score (nSPS) is 20.2. The number of amides is 1. The third-order valence-electron chi connectivity index (χ3n) is 3.40. The minimum Gasteiger partial charge on any atom is -0.274 e. The second-order valence-electron chi connectivity index (χ2n) is 4.87. The van der Waals surface area contributed by atoms with Gasteiger partial charge < -0.3 is 0 Å². The lowest BCUT2D eigenvalue weighted by molar-refractivity contribution is -0.117. The van der Waals surface area contributed by atoms with Crippen molar-refractivity contribution >= 4 is 23.4 Å². The molecule has 1 aliphatic heterocycles. The summed E-state index contributed by atoms with van der Waals surface area (Å²) in [7, 11) is 0. The Morgan fingerprint density at radius 1 is 1.05 bits per heavy atom. The molecule has 0 aromatic heterocycles. The van der Waals surface area contributed by atoms with Crippen LogP contribution >= 0.6 is 11.8 Å². The number of carbonyl (C=O) groups is 1. The van der Waals surface area contributed by atoms with Crippen LogP contribution in [0.1, 0.15) is 24.2 Å². The van der Waals surface area contributed by atoms with Crippen LogP contribution in [0.25, 0.3) is 0 Å². The number of rotatable bonds is 3. The van der Waals surface area contributed by atoms with Crippen LogP contribution in [-0.2, 0) is 4.79 Å². The highest BCUT2D eigenvalue weighted by molar-refractivity contribution is 8.04. The molecule has 3 rings (SSSR count). The predicted octanol–water partition coefficient (Wildman–Crippen LogP) is 4.76. The molecular weight excluding hydrogens is 278 g/mol. The molecule has 3 heteroatoms. The number of hydrogen-bond acceptors (Lipinski definition) is 2. The van der Waals surface area contributed by atoms with Crippen LogP contribution in [0.4, 0.5) is 5.69 Å². The number of nitrogens with zero attached hydrogens (tertiary/aromatic N) is 1. The first-order valence-electron chi connectivity index (χ1n) is 7.12. The zero-order valence-corrected chi connectivity index (χ0v) is 12.7. The molecule has 0 radical (unpaired) electrons. The molecule has 0 bridgehead atoms. The van der Waals surface area contributed by atoms with Gasteiger partial charge in [-0.05, 0) is 24.1 Å². The van der Waals surface area contributed by atoms with Gasteiger partial charge in [-0.1, -0.05) is 73.3 Å². The average Bonchev–Trinajstić information content (AvgIpc) is 2.86. The Morgan fingerprint density at radius 2 is 1.67 bits per heavy atom. The van der Waals surface area contributed by atoms with E-state index in [0.29, 0.717) is 0 Å². The van der Waals surface area contributed by atoms with Gasteiger partial charge in [-0.2, -0.15) is 0 Å². The van der Waals surface area contributed by atoms with Crippen LogP contribution in [0.15, 0.2) is 71.8 Å². The summed E-state index contributed by atoms with van der Waals surface area (Å²) in [5.74, 6) is 0.136. The smallest absolute Gasteiger partial charge is 0.249 e. The van der Waals surface area contributed by atoms with Gasteiger partial charge in [0.15, 0.2) is 0 Å². The Labute approximate surface area is 129 Å². The molecule has 1 fully saturated rings. The molecule has 106 valence electrons. The van der Waals surface area contributed by atoms with E-state index < -0.39 is 0 Å². The zero-order chi connectivity index (χ0) is 14.7. The molecule has 2 nitrogen and oxygen atoms in total. The largest absolute Gasteiger partial charge is 0.274 e. The van der Waals surface area contributed by atoms with Crippen molar-refractivity contribution in [3.8, 4) is 0 Å². The predicted molar refractivity (Wildman–Crippen MR) is 89.1 cm³/mol. The minimum absolute atomic E-state index is 0.136. The van der Waals surface area contributed by atoms with E-state index in [0.717, 1.165) is 22.7 Å². The molecule has 21 heavy (non-hydrogen) atoms. The molecule has 2 aromatic carbocycles. The first-order valence-corrected chi connectivity index (χ1v) is 8.00. The first-order chi connectivity index (χ1) is 10.3. The summed E-state index contributed by atoms with van der Waals surface area (Å²) >= 11 is 1.64. The summed E-state index contributed by atoms with van der Waals surface area (Å²) < 4.78 is 0. The van der Waals surface area contributed by atoms with E-state index in [4.69, 9.17) is 0 Å². The van der Waals surface area contributed by atoms with Crippen LogP contribution < -0.4 is 4.90 Å². The van der Waals surface area contributed by atoms with Crippen molar-refractivity contribution in [2.45, 2.75) is 18.6 Å². The average molecular weight is 295 g/mol. The maximum absolute atomic E-state index is 12.9. The molecule has 0 spiro atoms.